The molecule has 4 nitrogen and oxygen atoms in total. The number of hydrogen-bond donors (Lipinski definition) is 1. The van der Waals surface area contributed by atoms with Gasteiger partial charge in [0.25, 0.3) is 0 Å². The van der Waals surface area contributed by atoms with Gasteiger partial charge in [-0.2, -0.15) is 0 Å². The predicted molar refractivity (Wildman–Crippen MR) is 73.1 cm³/mol. The van der Waals surface area contributed by atoms with Gasteiger partial charge >= 0.3 is 0 Å². The Morgan fingerprint density at radius 3 is 2.58 bits per heavy atom. The maximum atomic E-state index is 5.53. The fourth-order valence-electron chi connectivity index (χ4n) is 2.57. The molecule has 2 aliphatic rings. The van der Waals surface area contributed by atoms with Crippen molar-refractivity contribution in [1.82, 2.24) is 5.32 Å². The lowest BCUT2D eigenvalue weighted by Crippen LogP contribution is -2.54. The zero-order chi connectivity index (χ0) is 13.3. The molecule has 4 heteroatoms. The second-order valence-electron chi connectivity index (χ2n) is 5.49. The summed E-state index contributed by atoms with van der Waals surface area (Å²) in [5.41, 5.74) is 1.27. The third-order valence-corrected chi connectivity index (χ3v) is 4.04. The Balaban J connectivity index is 1.84. The second kappa shape index (κ2) is 5.02. The minimum Gasteiger partial charge on any atom is -0.497 e. The lowest BCUT2D eigenvalue weighted by Gasteiger charge is -2.42. The van der Waals surface area contributed by atoms with Crippen molar-refractivity contribution in [2.45, 2.75) is 24.3 Å². The van der Waals surface area contributed by atoms with E-state index in [1.807, 2.05) is 12.1 Å². The summed E-state index contributed by atoms with van der Waals surface area (Å²) in [4.78, 5) is 0. The lowest BCUT2D eigenvalue weighted by atomic mass is 9.78. The molecule has 1 aromatic rings. The molecule has 1 aliphatic carbocycles. The minimum absolute atomic E-state index is 0.0558. The first kappa shape index (κ1) is 12.8. The van der Waals surface area contributed by atoms with Gasteiger partial charge in [-0.05, 0) is 18.9 Å². The molecule has 19 heavy (non-hydrogen) atoms. The van der Waals surface area contributed by atoms with Crippen LogP contribution in [0.5, 0.6) is 11.5 Å². The molecule has 1 saturated carbocycles. The van der Waals surface area contributed by atoms with E-state index in [0.717, 1.165) is 31.3 Å². The Morgan fingerprint density at radius 1 is 1.26 bits per heavy atom. The van der Waals surface area contributed by atoms with Crippen molar-refractivity contribution in [3.05, 3.63) is 23.8 Å². The summed E-state index contributed by atoms with van der Waals surface area (Å²) in [6, 6.07) is 6.76. The molecule has 0 atom stereocenters. The maximum absolute atomic E-state index is 5.53. The van der Waals surface area contributed by atoms with Crippen LogP contribution in [0.3, 0.4) is 0 Å². The van der Waals surface area contributed by atoms with Crippen LogP contribution in [0.15, 0.2) is 18.2 Å². The van der Waals surface area contributed by atoms with Crippen LogP contribution in [-0.4, -0.2) is 40.0 Å². The van der Waals surface area contributed by atoms with Crippen molar-refractivity contribution in [2.24, 2.45) is 0 Å². The van der Waals surface area contributed by atoms with Crippen LogP contribution in [0.2, 0.25) is 0 Å². The molecule has 0 bridgehead atoms. The highest BCUT2D eigenvalue weighted by molar-refractivity contribution is 5.46. The van der Waals surface area contributed by atoms with Crippen molar-refractivity contribution in [3.8, 4) is 11.5 Å². The first-order valence-corrected chi connectivity index (χ1v) is 6.81. The average molecular weight is 263 g/mol. The molecule has 1 heterocycles. The number of benzene rings is 1. The van der Waals surface area contributed by atoms with Crippen LogP contribution in [0.25, 0.3) is 0 Å². The Kier molecular flexibility index (Phi) is 3.37. The smallest absolute Gasteiger partial charge is 0.126 e. The van der Waals surface area contributed by atoms with Crippen LogP contribution >= 0.6 is 0 Å². The van der Waals surface area contributed by atoms with E-state index < -0.39 is 0 Å². The standard InChI is InChI=1S/C15H21NO3/c1-17-12-5-6-13(14(7-12)18-2)15(9-19-10-15)8-16-11-3-4-11/h5-7,11,16H,3-4,8-10H2,1-2H3. The van der Waals surface area contributed by atoms with E-state index in [0.29, 0.717) is 6.04 Å². The van der Waals surface area contributed by atoms with Crippen molar-refractivity contribution >= 4 is 0 Å². The van der Waals surface area contributed by atoms with Gasteiger partial charge in [-0.25, -0.2) is 0 Å². The van der Waals surface area contributed by atoms with Crippen molar-refractivity contribution in [1.29, 1.82) is 0 Å². The van der Waals surface area contributed by atoms with E-state index in [1.54, 1.807) is 14.2 Å². The molecule has 1 aromatic carbocycles. The van der Waals surface area contributed by atoms with E-state index in [4.69, 9.17) is 14.2 Å². The molecule has 104 valence electrons. The number of rotatable bonds is 6. The molecule has 3 rings (SSSR count). The Morgan fingerprint density at radius 2 is 2.05 bits per heavy atom. The molecule has 0 amide bonds. The quantitative estimate of drug-likeness (QED) is 0.848. The van der Waals surface area contributed by atoms with Gasteiger partial charge in [0, 0.05) is 24.2 Å². The Bertz CT molecular complexity index is 453. The highest BCUT2D eigenvalue weighted by Gasteiger charge is 2.43. The van der Waals surface area contributed by atoms with Crippen molar-refractivity contribution in [2.75, 3.05) is 34.0 Å². The fourth-order valence-corrected chi connectivity index (χ4v) is 2.57. The first-order chi connectivity index (χ1) is 9.27. The van der Waals surface area contributed by atoms with Gasteiger partial charge < -0.3 is 19.5 Å². The Hall–Kier alpha value is -1.26. The number of methoxy groups -OCH3 is 2. The number of nitrogens with one attached hydrogen (secondary N) is 1. The third kappa shape index (κ3) is 2.42. The highest BCUT2D eigenvalue weighted by atomic mass is 16.5. The third-order valence-electron chi connectivity index (χ3n) is 4.04. The maximum Gasteiger partial charge on any atom is 0.126 e. The second-order valence-corrected chi connectivity index (χ2v) is 5.49. The summed E-state index contributed by atoms with van der Waals surface area (Å²) in [6.07, 6.45) is 2.60. The van der Waals surface area contributed by atoms with Gasteiger partial charge in [-0.3, -0.25) is 0 Å². The molecular weight excluding hydrogens is 242 g/mol. The van der Waals surface area contributed by atoms with Gasteiger partial charge in [0.2, 0.25) is 0 Å². The zero-order valence-corrected chi connectivity index (χ0v) is 11.6. The summed E-state index contributed by atoms with van der Waals surface area (Å²) >= 11 is 0. The van der Waals surface area contributed by atoms with Crippen LogP contribution < -0.4 is 14.8 Å². The SMILES string of the molecule is COc1ccc(C2(CNC3CC3)COC2)c(OC)c1. The molecule has 1 saturated heterocycles. The Labute approximate surface area is 114 Å². The summed E-state index contributed by atoms with van der Waals surface area (Å²) in [5.74, 6) is 1.71. The van der Waals surface area contributed by atoms with Gasteiger partial charge in [0.15, 0.2) is 0 Å². The van der Waals surface area contributed by atoms with Crippen LogP contribution in [-0.2, 0) is 10.2 Å². The van der Waals surface area contributed by atoms with E-state index in [9.17, 15) is 0 Å². The molecule has 0 aromatic heterocycles. The summed E-state index contributed by atoms with van der Waals surface area (Å²) in [7, 11) is 3.38. The monoisotopic (exact) mass is 263 g/mol. The molecule has 2 fully saturated rings. The number of ether oxygens (including phenoxy) is 3. The highest BCUT2D eigenvalue weighted by Crippen LogP contribution is 2.39. The van der Waals surface area contributed by atoms with Crippen LogP contribution in [0.1, 0.15) is 18.4 Å². The number of hydrogen-bond acceptors (Lipinski definition) is 4. The first-order valence-electron chi connectivity index (χ1n) is 6.81. The van der Waals surface area contributed by atoms with Gasteiger partial charge in [-0.15, -0.1) is 0 Å². The molecule has 1 N–H and O–H groups in total. The average Bonchev–Trinajstić information content (AvgIpc) is 3.21. The summed E-state index contributed by atoms with van der Waals surface area (Å²) in [5, 5.41) is 3.61. The largest absolute Gasteiger partial charge is 0.497 e. The van der Waals surface area contributed by atoms with Crippen molar-refractivity contribution in [3.63, 3.8) is 0 Å². The normalized spacial score (nSPS) is 20.7. The molecular formula is C15H21NO3. The molecule has 0 unspecified atom stereocenters. The van der Waals surface area contributed by atoms with E-state index in [2.05, 4.69) is 11.4 Å². The van der Waals surface area contributed by atoms with Gasteiger partial charge in [0.1, 0.15) is 11.5 Å². The minimum atomic E-state index is 0.0558. The van der Waals surface area contributed by atoms with E-state index in [1.165, 1.54) is 18.4 Å². The fraction of sp³-hybridized carbons (Fsp3) is 0.600. The molecule has 0 spiro atoms. The van der Waals surface area contributed by atoms with Gasteiger partial charge in [0.05, 0.1) is 32.8 Å². The topological polar surface area (TPSA) is 39.7 Å². The molecule has 1 aliphatic heterocycles. The summed E-state index contributed by atoms with van der Waals surface area (Å²) < 4.78 is 16.3. The van der Waals surface area contributed by atoms with E-state index >= 15 is 0 Å². The summed E-state index contributed by atoms with van der Waals surface area (Å²) in [6.45, 7) is 2.48. The van der Waals surface area contributed by atoms with Crippen molar-refractivity contribution < 1.29 is 14.2 Å². The predicted octanol–water partition coefficient (Wildman–Crippen LogP) is 1.72. The van der Waals surface area contributed by atoms with Crippen LogP contribution in [0, 0.1) is 0 Å². The lowest BCUT2D eigenvalue weighted by molar-refractivity contribution is -0.0600. The van der Waals surface area contributed by atoms with E-state index in [-0.39, 0.29) is 5.41 Å². The van der Waals surface area contributed by atoms with Gasteiger partial charge in [-0.1, -0.05) is 6.07 Å². The zero-order valence-electron chi connectivity index (χ0n) is 11.6. The van der Waals surface area contributed by atoms with Crippen LogP contribution in [0.4, 0.5) is 0 Å². The molecule has 0 radical (unpaired) electrons.